The fraction of sp³-hybridized carbons (Fsp3) is 0.368. The van der Waals surface area contributed by atoms with Crippen LogP contribution in [-0.4, -0.2) is 23.3 Å². The van der Waals surface area contributed by atoms with Gasteiger partial charge in [0.15, 0.2) is 0 Å². The van der Waals surface area contributed by atoms with Crippen molar-refractivity contribution in [3.8, 4) is 17.3 Å². The fourth-order valence-corrected chi connectivity index (χ4v) is 2.74. The van der Waals surface area contributed by atoms with Gasteiger partial charge in [-0.25, -0.2) is 0 Å². The number of nitrogens with zero attached hydrogens (tertiary/aromatic N) is 2. The van der Waals surface area contributed by atoms with E-state index in [1.54, 1.807) is 12.3 Å². The molecule has 2 heterocycles. The van der Waals surface area contributed by atoms with Crippen molar-refractivity contribution in [2.75, 3.05) is 0 Å². The number of aromatic nitrogens is 1. The van der Waals surface area contributed by atoms with Crippen molar-refractivity contribution in [1.29, 1.82) is 5.26 Å². The van der Waals surface area contributed by atoms with Gasteiger partial charge in [0.2, 0.25) is 0 Å². The highest BCUT2D eigenvalue weighted by Gasteiger charge is 2.51. The molecule has 0 atom stereocenters. The minimum atomic E-state index is -0.416. The van der Waals surface area contributed by atoms with Crippen molar-refractivity contribution < 1.29 is 9.31 Å². The second-order valence-electron chi connectivity index (χ2n) is 7.22. The van der Waals surface area contributed by atoms with E-state index >= 15 is 0 Å². The third-order valence-electron chi connectivity index (χ3n) is 4.89. The summed E-state index contributed by atoms with van der Waals surface area (Å²) < 4.78 is 12.2. The zero-order valence-corrected chi connectivity index (χ0v) is 16.0. The first-order valence-electron chi connectivity index (χ1n) is 8.06. The lowest BCUT2D eigenvalue weighted by molar-refractivity contribution is 0.00578. The summed E-state index contributed by atoms with van der Waals surface area (Å²) in [6, 6.07) is 11.7. The first-order chi connectivity index (χ1) is 11.2. The van der Waals surface area contributed by atoms with Crippen LogP contribution in [0.5, 0.6) is 0 Å². The Bertz CT molecular complexity index is 814. The third kappa shape index (κ3) is 3.57. The first kappa shape index (κ1) is 19.5. The van der Waals surface area contributed by atoms with Crippen LogP contribution in [0.4, 0.5) is 0 Å². The van der Waals surface area contributed by atoms with Crippen molar-refractivity contribution in [3.63, 3.8) is 0 Å². The number of rotatable bonds is 2. The van der Waals surface area contributed by atoms with Crippen LogP contribution in [0.15, 0.2) is 36.5 Å². The van der Waals surface area contributed by atoms with Crippen molar-refractivity contribution >= 4 is 25.0 Å². The molecule has 1 aliphatic heterocycles. The van der Waals surface area contributed by atoms with E-state index in [1.165, 1.54) is 0 Å². The molecule has 0 saturated carbocycles. The van der Waals surface area contributed by atoms with Crippen LogP contribution >= 0.6 is 12.4 Å². The molecule has 6 heteroatoms. The summed E-state index contributed by atoms with van der Waals surface area (Å²) in [5, 5.41) is 9.06. The molecule has 1 aliphatic rings. The third-order valence-corrected chi connectivity index (χ3v) is 4.89. The highest BCUT2D eigenvalue weighted by molar-refractivity contribution is 6.62. The molecule has 2 aromatic rings. The quantitative estimate of drug-likeness (QED) is 0.771. The van der Waals surface area contributed by atoms with Gasteiger partial charge in [-0.05, 0) is 52.3 Å². The van der Waals surface area contributed by atoms with Crippen molar-refractivity contribution in [3.05, 3.63) is 47.7 Å². The molecule has 0 unspecified atom stereocenters. The zero-order chi connectivity index (χ0) is 17.5. The fourth-order valence-electron chi connectivity index (χ4n) is 2.74. The van der Waals surface area contributed by atoms with Gasteiger partial charge < -0.3 is 9.31 Å². The van der Waals surface area contributed by atoms with Crippen LogP contribution < -0.4 is 5.46 Å². The average Bonchev–Trinajstić information content (AvgIpc) is 2.75. The molecule has 4 nitrogen and oxygen atoms in total. The van der Waals surface area contributed by atoms with E-state index in [9.17, 15) is 0 Å². The first-order valence-corrected chi connectivity index (χ1v) is 8.06. The molecular formula is C19H22BClN2O2. The summed E-state index contributed by atoms with van der Waals surface area (Å²) in [6.07, 6.45) is 1.80. The summed E-state index contributed by atoms with van der Waals surface area (Å²) >= 11 is 0. The molecule has 1 aromatic heterocycles. The highest BCUT2D eigenvalue weighted by atomic mass is 35.5. The van der Waals surface area contributed by atoms with Gasteiger partial charge in [0, 0.05) is 17.2 Å². The maximum absolute atomic E-state index is 9.06. The Balaban J connectivity index is 0.00000225. The molecule has 0 amide bonds. The molecule has 25 heavy (non-hydrogen) atoms. The predicted octanol–water partition coefficient (Wildman–Crippen LogP) is 3.65. The van der Waals surface area contributed by atoms with Gasteiger partial charge in [0.1, 0.15) is 0 Å². The van der Waals surface area contributed by atoms with E-state index in [4.69, 9.17) is 14.6 Å². The van der Waals surface area contributed by atoms with E-state index in [-0.39, 0.29) is 23.6 Å². The topological polar surface area (TPSA) is 55.1 Å². The van der Waals surface area contributed by atoms with Crippen LogP contribution in [0.2, 0.25) is 0 Å². The molecule has 1 aromatic carbocycles. The maximum Gasteiger partial charge on any atom is 0.496 e. The van der Waals surface area contributed by atoms with Gasteiger partial charge in [-0.15, -0.1) is 12.4 Å². The Morgan fingerprint density at radius 1 is 1.08 bits per heavy atom. The Hall–Kier alpha value is -1.87. The monoisotopic (exact) mass is 356 g/mol. The van der Waals surface area contributed by atoms with Crippen molar-refractivity contribution in [1.82, 2.24) is 4.98 Å². The number of aryl methyl sites for hydroxylation is 1. The molecule has 0 radical (unpaired) electrons. The number of hydrogen-bond donors (Lipinski definition) is 0. The van der Waals surface area contributed by atoms with Crippen molar-refractivity contribution in [2.24, 2.45) is 0 Å². The Kier molecular flexibility index (Phi) is 5.29. The largest absolute Gasteiger partial charge is 0.496 e. The average molecular weight is 357 g/mol. The molecule has 0 N–H and O–H groups in total. The summed E-state index contributed by atoms with van der Waals surface area (Å²) in [5.74, 6) is 0. The number of nitriles is 1. The SMILES string of the molecule is Cc1cc(B2OC(C)(C)C(C)(C)O2)cnc1-c1cccc(C#N)c1.Cl. The molecule has 3 rings (SSSR count). The molecule has 130 valence electrons. The smallest absolute Gasteiger partial charge is 0.399 e. The second kappa shape index (κ2) is 6.80. The summed E-state index contributed by atoms with van der Waals surface area (Å²) in [7, 11) is -0.416. The molecule has 1 fully saturated rings. The lowest BCUT2D eigenvalue weighted by Crippen LogP contribution is -2.41. The van der Waals surface area contributed by atoms with E-state index in [0.29, 0.717) is 5.56 Å². The summed E-state index contributed by atoms with van der Waals surface area (Å²) in [5.41, 5.74) is 3.63. The lowest BCUT2D eigenvalue weighted by atomic mass is 9.79. The molecule has 0 aliphatic carbocycles. The Morgan fingerprint density at radius 3 is 2.28 bits per heavy atom. The number of hydrogen-bond acceptors (Lipinski definition) is 4. The minimum absolute atomic E-state index is 0. The molecule has 0 spiro atoms. The number of pyridine rings is 1. The van der Waals surface area contributed by atoms with Crippen LogP contribution in [-0.2, 0) is 9.31 Å². The summed E-state index contributed by atoms with van der Waals surface area (Å²) in [6.45, 7) is 10.2. The van der Waals surface area contributed by atoms with Gasteiger partial charge in [-0.3, -0.25) is 4.98 Å². The Morgan fingerprint density at radius 2 is 1.72 bits per heavy atom. The highest BCUT2D eigenvalue weighted by Crippen LogP contribution is 2.36. The number of halogens is 1. The van der Waals surface area contributed by atoms with Crippen LogP contribution in [0.3, 0.4) is 0 Å². The Labute approximate surface area is 155 Å². The summed E-state index contributed by atoms with van der Waals surface area (Å²) in [4.78, 5) is 4.59. The van der Waals surface area contributed by atoms with E-state index < -0.39 is 7.12 Å². The number of benzene rings is 1. The van der Waals surface area contributed by atoms with Gasteiger partial charge in [0.05, 0.1) is 28.5 Å². The lowest BCUT2D eigenvalue weighted by Gasteiger charge is -2.32. The van der Waals surface area contributed by atoms with Crippen LogP contribution in [0.25, 0.3) is 11.3 Å². The maximum atomic E-state index is 9.06. The predicted molar refractivity (Wildman–Crippen MR) is 102 cm³/mol. The second-order valence-corrected chi connectivity index (χ2v) is 7.22. The van der Waals surface area contributed by atoms with Crippen LogP contribution in [0, 0.1) is 18.3 Å². The molecule has 1 saturated heterocycles. The van der Waals surface area contributed by atoms with Gasteiger partial charge in [-0.1, -0.05) is 18.2 Å². The van der Waals surface area contributed by atoms with Gasteiger partial charge in [-0.2, -0.15) is 5.26 Å². The van der Waals surface area contributed by atoms with Crippen molar-refractivity contribution in [2.45, 2.75) is 45.8 Å². The standard InChI is InChI=1S/C19H21BN2O2.ClH/c1-13-9-16(20-23-18(2,3)19(4,5)24-20)12-22-17(13)15-8-6-7-14(10-15)11-21;/h6-10,12H,1-5H3;1H. The van der Waals surface area contributed by atoms with E-state index in [0.717, 1.165) is 22.3 Å². The van der Waals surface area contributed by atoms with E-state index in [2.05, 4.69) is 11.1 Å². The van der Waals surface area contributed by atoms with E-state index in [1.807, 2.05) is 58.9 Å². The van der Waals surface area contributed by atoms with Crippen LogP contribution in [0.1, 0.15) is 38.8 Å². The minimum Gasteiger partial charge on any atom is -0.399 e. The molecule has 0 bridgehead atoms. The zero-order valence-electron chi connectivity index (χ0n) is 15.2. The van der Waals surface area contributed by atoms with Gasteiger partial charge in [0.25, 0.3) is 0 Å². The van der Waals surface area contributed by atoms with Gasteiger partial charge >= 0.3 is 7.12 Å². The molecular weight excluding hydrogens is 334 g/mol. The normalized spacial score (nSPS) is 17.7.